The molecular formula is C8H22S. The molecule has 1 heteroatoms. The van der Waals surface area contributed by atoms with E-state index in [9.17, 15) is 0 Å². The fraction of sp³-hybridized carbons (Fsp3) is 1.00. The van der Waals surface area contributed by atoms with Crippen molar-refractivity contribution in [3.05, 3.63) is 0 Å². The fourth-order valence-electron chi connectivity index (χ4n) is 0. The minimum Gasteiger partial charge on any atom is -0.169 e. The first-order valence-electron chi connectivity index (χ1n) is 3.73. The summed E-state index contributed by atoms with van der Waals surface area (Å²) in [5, 5.41) is 0. The lowest BCUT2D eigenvalue weighted by molar-refractivity contribution is 0.886. The Morgan fingerprint density at radius 1 is 0.889 bits per heavy atom. The number of thioether (sulfide) groups is 1. The molecule has 0 bridgehead atoms. The van der Waals surface area contributed by atoms with Gasteiger partial charge in [0.15, 0.2) is 0 Å². The van der Waals surface area contributed by atoms with Gasteiger partial charge in [-0.1, -0.05) is 40.5 Å². The molecule has 0 amide bonds. The average Bonchev–Trinajstić information content (AvgIpc) is 1.94. The second kappa shape index (κ2) is 40.2. The highest BCUT2D eigenvalue weighted by molar-refractivity contribution is 7.97. The number of unbranched alkanes of at least 4 members (excludes halogenated alkanes) is 1. The van der Waals surface area contributed by atoms with Crippen molar-refractivity contribution in [2.24, 2.45) is 0 Å². The van der Waals surface area contributed by atoms with Crippen LogP contribution in [0.3, 0.4) is 0 Å². The van der Waals surface area contributed by atoms with Crippen molar-refractivity contribution in [2.45, 2.75) is 40.5 Å². The highest BCUT2D eigenvalue weighted by Crippen LogP contribution is 1.76. The van der Waals surface area contributed by atoms with Crippen molar-refractivity contribution in [1.29, 1.82) is 0 Å². The average molecular weight is 150 g/mol. The van der Waals surface area contributed by atoms with Crippen LogP contribution in [0.2, 0.25) is 0 Å². The Kier molecular flexibility index (Phi) is 72.2. The molecular weight excluding hydrogens is 128 g/mol. The smallest absolute Gasteiger partial charge is 0.0187 e. The normalized spacial score (nSPS) is 6.00. The first-order chi connectivity index (χ1) is 4.33. The minimum absolute atomic E-state index is 1.32. The van der Waals surface area contributed by atoms with Crippen molar-refractivity contribution in [3.63, 3.8) is 0 Å². The Bertz CT molecular complexity index is 12.0. The van der Waals surface area contributed by atoms with E-state index in [4.69, 9.17) is 0 Å². The molecule has 0 aliphatic heterocycles. The van der Waals surface area contributed by atoms with E-state index >= 15 is 0 Å². The molecule has 0 fully saturated rings. The highest BCUT2D eigenvalue weighted by Gasteiger charge is 1.56. The molecule has 0 radical (unpaired) electrons. The molecule has 0 rings (SSSR count). The topological polar surface area (TPSA) is 0 Å². The molecule has 0 heterocycles. The van der Waals surface area contributed by atoms with Gasteiger partial charge in [-0.3, -0.25) is 0 Å². The summed E-state index contributed by atoms with van der Waals surface area (Å²) in [5.74, 6) is 0. The molecule has 9 heavy (non-hydrogen) atoms. The van der Waals surface area contributed by atoms with Crippen LogP contribution in [-0.4, -0.2) is 12.5 Å². The third-order valence-electron chi connectivity index (χ3n) is 0.500. The summed E-state index contributed by atoms with van der Waals surface area (Å²) in [4.78, 5) is 0. The van der Waals surface area contributed by atoms with E-state index in [0.29, 0.717) is 0 Å². The Morgan fingerprint density at radius 3 is 1.00 bits per heavy atom. The molecule has 0 atom stereocenters. The number of hydrogen-bond donors (Lipinski definition) is 0. The number of rotatable bonds is 1. The maximum Gasteiger partial charge on any atom is -0.0187 e. The minimum atomic E-state index is 1.32. The van der Waals surface area contributed by atoms with Gasteiger partial charge in [0, 0.05) is 0 Å². The maximum absolute atomic E-state index is 2.18. The van der Waals surface area contributed by atoms with Crippen LogP contribution in [0.25, 0.3) is 0 Å². The van der Waals surface area contributed by atoms with Crippen molar-refractivity contribution in [1.82, 2.24) is 0 Å². The van der Waals surface area contributed by atoms with Crippen LogP contribution >= 0.6 is 11.8 Å². The quantitative estimate of drug-likeness (QED) is 0.547. The summed E-state index contributed by atoms with van der Waals surface area (Å²) in [6.07, 6.45) is 6.72. The lowest BCUT2D eigenvalue weighted by Gasteiger charge is -1.68. The van der Waals surface area contributed by atoms with Crippen LogP contribution in [-0.2, 0) is 0 Å². The lowest BCUT2D eigenvalue weighted by Crippen LogP contribution is -1.47. The largest absolute Gasteiger partial charge is 0.169 e. The summed E-state index contributed by atoms with van der Waals surface area (Å²) in [6.45, 7) is 8.36. The molecule has 0 aromatic carbocycles. The van der Waals surface area contributed by atoms with E-state index in [1.807, 2.05) is 26.4 Å². The Balaban J connectivity index is -0.0000000646. The molecule has 0 aliphatic carbocycles. The molecule has 0 nitrogen and oxygen atoms in total. The zero-order chi connectivity index (χ0) is 8.12. The van der Waals surface area contributed by atoms with Gasteiger partial charge in [0.2, 0.25) is 0 Å². The van der Waals surface area contributed by atoms with E-state index in [1.54, 1.807) is 11.8 Å². The third-order valence-corrected chi connectivity index (χ3v) is 0.500. The fourth-order valence-corrected chi connectivity index (χ4v) is 0. The zero-order valence-corrected chi connectivity index (χ0v) is 8.64. The van der Waals surface area contributed by atoms with E-state index in [2.05, 4.69) is 13.8 Å². The molecule has 0 saturated heterocycles. The monoisotopic (exact) mass is 150 g/mol. The summed E-state index contributed by atoms with van der Waals surface area (Å²) >= 11 is 1.75. The van der Waals surface area contributed by atoms with E-state index in [1.165, 1.54) is 12.8 Å². The van der Waals surface area contributed by atoms with E-state index in [-0.39, 0.29) is 0 Å². The van der Waals surface area contributed by atoms with Gasteiger partial charge in [-0.2, -0.15) is 11.8 Å². The van der Waals surface area contributed by atoms with Crippen LogP contribution in [0.1, 0.15) is 40.5 Å². The van der Waals surface area contributed by atoms with Crippen molar-refractivity contribution in [3.8, 4) is 0 Å². The summed E-state index contributed by atoms with van der Waals surface area (Å²) in [7, 11) is 0. The van der Waals surface area contributed by atoms with Gasteiger partial charge in [0.25, 0.3) is 0 Å². The lowest BCUT2D eigenvalue weighted by atomic mass is 10.4. The Labute approximate surface area is 65.4 Å². The standard InChI is InChI=1S/C4H10.C2H6S.C2H6/c1-3-4-2;1-3-2;1-2/h3-4H2,1-2H3;1-2H3;1-2H3. The SMILES string of the molecule is CC.CCCC.CSC. The molecule has 60 valence electrons. The molecule has 0 saturated carbocycles. The van der Waals surface area contributed by atoms with Gasteiger partial charge < -0.3 is 0 Å². The highest BCUT2D eigenvalue weighted by atomic mass is 32.2. The molecule has 0 aromatic heterocycles. The van der Waals surface area contributed by atoms with Gasteiger partial charge in [0.1, 0.15) is 0 Å². The molecule has 0 N–H and O–H groups in total. The van der Waals surface area contributed by atoms with Crippen molar-refractivity contribution in [2.75, 3.05) is 12.5 Å². The Morgan fingerprint density at radius 2 is 1.00 bits per heavy atom. The van der Waals surface area contributed by atoms with Crippen LogP contribution in [0.15, 0.2) is 0 Å². The van der Waals surface area contributed by atoms with Crippen LogP contribution < -0.4 is 0 Å². The van der Waals surface area contributed by atoms with Crippen LogP contribution in [0.5, 0.6) is 0 Å². The van der Waals surface area contributed by atoms with Crippen molar-refractivity contribution >= 4 is 11.8 Å². The first-order valence-corrected chi connectivity index (χ1v) is 5.36. The zero-order valence-electron chi connectivity index (χ0n) is 7.82. The first kappa shape index (κ1) is 16.2. The van der Waals surface area contributed by atoms with Crippen LogP contribution in [0.4, 0.5) is 0 Å². The Hall–Kier alpha value is 0.350. The summed E-state index contributed by atoms with van der Waals surface area (Å²) in [5.41, 5.74) is 0. The molecule has 0 unspecified atom stereocenters. The predicted molar refractivity (Wildman–Crippen MR) is 51.4 cm³/mol. The third kappa shape index (κ3) is 185. The van der Waals surface area contributed by atoms with E-state index in [0.717, 1.165) is 0 Å². The van der Waals surface area contributed by atoms with Crippen LogP contribution in [0, 0.1) is 0 Å². The molecule has 0 aromatic rings. The second-order valence-electron chi connectivity index (χ2n) is 1.41. The van der Waals surface area contributed by atoms with E-state index < -0.39 is 0 Å². The molecule has 0 spiro atoms. The second-order valence-corrected chi connectivity index (χ2v) is 2.22. The van der Waals surface area contributed by atoms with Gasteiger partial charge in [-0.15, -0.1) is 0 Å². The number of hydrogen-bond acceptors (Lipinski definition) is 1. The maximum atomic E-state index is 2.18. The van der Waals surface area contributed by atoms with Crippen molar-refractivity contribution < 1.29 is 0 Å². The predicted octanol–water partition coefficient (Wildman–Crippen LogP) is 3.81. The van der Waals surface area contributed by atoms with Gasteiger partial charge in [0.05, 0.1) is 0 Å². The van der Waals surface area contributed by atoms with Gasteiger partial charge >= 0.3 is 0 Å². The molecule has 0 aliphatic rings. The summed E-state index contributed by atoms with van der Waals surface area (Å²) in [6, 6.07) is 0. The van der Waals surface area contributed by atoms with Gasteiger partial charge in [-0.25, -0.2) is 0 Å². The van der Waals surface area contributed by atoms with Gasteiger partial charge in [-0.05, 0) is 12.5 Å². The summed E-state index contributed by atoms with van der Waals surface area (Å²) < 4.78 is 0.